The number of nitrogens with zero attached hydrogens (tertiary/aromatic N) is 1. The topological polar surface area (TPSA) is 50.7 Å². The molecule has 4 nitrogen and oxygen atoms in total. The lowest BCUT2D eigenvalue weighted by Crippen LogP contribution is -2.18. The van der Waals surface area contributed by atoms with Crippen LogP contribution in [0.3, 0.4) is 0 Å². The highest BCUT2D eigenvalue weighted by atomic mass is 79.9. The van der Waals surface area contributed by atoms with Crippen molar-refractivity contribution in [3.05, 3.63) is 63.1 Å². The van der Waals surface area contributed by atoms with Crippen LogP contribution < -0.4 is 10.2 Å². The number of hydrogen-bond acceptors (Lipinski definition) is 3. The van der Waals surface area contributed by atoms with Crippen LogP contribution in [0, 0.1) is 0 Å². The summed E-state index contributed by atoms with van der Waals surface area (Å²) in [5.74, 6) is 0.330. The van der Waals surface area contributed by atoms with Gasteiger partial charge in [-0.15, -0.1) is 0 Å². The molecule has 0 fully saturated rings. The lowest BCUT2D eigenvalue weighted by molar-refractivity contribution is 0.0955. The Morgan fingerprint density at radius 3 is 2.86 bits per heavy atom. The zero-order valence-electron chi connectivity index (χ0n) is 11.8. The fourth-order valence-corrected chi connectivity index (χ4v) is 2.37. The van der Waals surface area contributed by atoms with E-state index < -0.39 is 0 Å². The van der Waals surface area contributed by atoms with Crippen LogP contribution >= 0.6 is 27.5 Å². The van der Waals surface area contributed by atoms with Crippen LogP contribution in [-0.4, -0.2) is 18.7 Å². The third kappa shape index (κ3) is 4.32. The predicted molar refractivity (Wildman–Crippen MR) is 91.8 cm³/mol. The summed E-state index contributed by atoms with van der Waals surface area (Å²) in [5, 5.41) is 4.34. The highest BCUT2D eigenvalue weighted by Gasteiger charge is 2.08. The lowest BCUT2D eigenvalue weighted by atomic mass is 10.2. The summed E-state index contributed by atoms with van der Waals surface area (Å²) < 4.78 is 6.41. The van der Waals surface area contributed by atoms with Gasteiger partial charge in [0.2, 0.25) is 0 Å². The van der Waals surface area contributed by atoms with Crippen LogP contribution in [0.1, 0.15) is 22.8 Å². The van der Waals surface area contributed by atoms with E-state index in [9.17, 15) is 4.79 Å². The standard InChI is InChI=1S/C16H14BrClN2O2/c1-2-22-15-8-7-12(17)9-11(15)10-19-20-16(21)13-5-3-4-6-14(13)18/h3-10H,2H2,1H3,(H,20,21). The van der Waals surface area contributed by atoms with Crippen LogP contribution in [0.15, 0.2) is 52.0 Å². The molecule has 114 valence electrons. The molecule has 0 radical (unpaired) electrons. The van der Waals surface area contributed by atoms with Crippen LogP contribution in [-0.2, 0) is 0 Å². The monoisotopic (exact) mass is 380 g/mol. The van der Waals surface area contributed by atoms with Crippen molar-refractivity contribution < 1.29 is 9.53 Å². The van der Waals surface area contributed by atoms with E-state index in [1.54, 1.807) is 24.3 Å². The molecular weight excluding hydrogens is 368 g/mol. The molecule has 0 bridgehead atoms. The Bertz CT molecular complexity index is 704. The van der Waals surface area contributed by atoms with Crippen molar-refractivity contribution in [3.8, 4) is 5.75 Å². The molecule has 0 saturated heterocycles. The van der Waals surface area contributed by atoms with E-state index in [1.807, 2.05) is 25.1 Å². The summed E-state index contributed by atoms with van der Waals surface area (Å²) in [5.41, 5.74) is 3.59. The second-order valence-corrected chi connectivity index (χ2v) is 5.62. The minimum absolute atomic E-state index is 0.366. The number of rotatable bonds is 5. The number of amides is 1. The molecule has 0 heterocycles. The molecule has 6 heteroatoms. The summed E-state index contributed by atoms with van der Waals surface area (Å²) in [7, 11) is 0. The van der Waals surface area contributed by atoms with Gasteiger partial charge in [-0.05, 0) is 37.3 Å². The molecular formula is C16H14BrClN2O2. The van der Waals surface area contributed by atoms with E-state index in [0.29, 0.717) is 22.9 Å². The van der Waals surface area contributed by atoms with Crippen LogP contribution in [0.2, 0.25) is 5.02 Å². The molecule has 22 heavy (non-hydrogen) atoms. The number of hydrogen-bond donors (Lipinski definition) is 1. The zero-order valence-corrected chi connectivity index (χ0v) is 14.2. The van der Waals surface area contributed by atoms with E-state index in [4.69, 9.17) is 16.3 Å². The van der Waals surface area contributed by atoms with Gasteiger partial charge >= 0.3 is 0 Å². The molecule has 0 aromatic heterocycles. The van der Waals surface area contributed by atoms with Crippen molar-refractivity contribution in [2.75, 3.05) is 6.61 Å². The van der Waals surface area contributed by atoms with Gasteiger partial charge < -0.3 is 4.74 Å². The average Bonchev–Trinajstić information content (AvgIpc) is 2.50. The number of nitrogens with one attached hydrogen (secondary N) is 1. The predicted octanol–water partition coefficient (Wildman–Crippen LogP) is 4.27. The number of carbonyl (C=O) groups excluding carboxylic acids is 1. The van der Waals surface area contributed by atoms with Crippen LogP contribution in [0.25, 0.3) is 0 Å². The fraction of sp³-hybridized carbons (Fsp3) is 0.125. The van der Waals surface area contributed by atoms with Crippen molar-refractivity contribution in [3.63, 3.8) is 0 Å². The number of halogens is 2. The molecule has 0 aliphatic heterocycles. The minimum Gasteiger partial charge on any atom is -0.493 e. The van der Waals surface area contributed by atoms with E-state index in [-0.39, 0.29) is 5.91 Å². The van der Waals surface area contributed by atoms with Gasteiger partial charge in [0.05, 0.1) is 23.4 Å². The summed E-state index contributed by atoms with van der Waals surface area (Å²) in [6.45, 7) is 2.45. The Balaban J connectivity index is 2.11. The first kappa shape index (κ1) is 16.5. The minimum atomic E-state index is -0.366. The fourth-order valence-electron chi connectivity index (χ4n) is 1.77. The molecule has 0 spiro atoms. The molecule has 2 rings (SSSR count). The lowest BCUT2D eigenvalue weighted by Gasteiger charge is -2.07. The maximum Gasteiger partial charge on any atom is 0.272 e. The Hall–Kier alpha value is -1.85. The summed E-state index contributed by atoms with van der Waals surface area (Å²) >= 11 is 9.36. The van der Waals surface area contributed by atoms with Gasteiger partial charge in [-0.1, -0.05) is 39.7 Å². The van der Waals surface area contributed by atoms with Gasteiger partial charge in [-0.3, -0.25) is 4.79 Å². The first-order chi connectivity index (χ1) is 10.6. The Morgan fingerprint density at radius 2 is 2.14 bits per heavy atom. The van der Waals surface area contributed by atoms with E-state index in [2.05, 4.69) is 26.5 Å². The van der Waals surface area contributed by atoms with E-state index >= 15 is 0 Å². The largest absolute Gasteiger partial charge is 0.493 e. The zero-order chi connectivity index (χ0) is 15.9. The normalized spacial score (nSPS) is 10.7. The summed E-state index contributed by atoms with van der Waals surface area (Å²) in [4.78, 5) is 12.0. The average molecular weight is 382 g/mol. The number of ether oxygens (including phenoxy) is 1. The van der Waals surface area contributed by atoms with Gasteiger partial charge in [-0.25, -0.2) is 5.43 Å². The molecule has 0 atom stereocenters. The smallest absolute Gasteiger partial charge is 0.272 e. The van der Waals surface area contributed by atoms with E-state index in [0.717, 1.165) is 10.0 Å². The third-order valence-electron chi connectivity index (χ3n) is 2.76. The van der Waals surface area contributed by atoms with Crippen molar-refractivity contribution in [2.24, 2.45) is 5.10 Å². The van der Waals surface area contributed by atoms with Crippen molar-refractivity contribution in [1.29, 1.82) is 0 Å². The molecule has 1 N–H and O–H groups in total. The molecule has 0 unspecified atom stereocenters. The maximum atomic E-state index is 12.0. The van der Waals surface area contributed by atoms with E-state index in [1.165, 1.54) is 6.21 Å². The van der Waals surface area contributed by atoms with Crippen molar-refractivity contribution in [2.45, 2.75) is 6.92 Å². The highest BCUT2D eigenvalue weighted by Crippen LogP contribution is 2.21. The highest BCUT2D eigenvalue weighted by molar-refractivity contribution is 9.10. The van der Waals surface area contributed by atoms with Gasteiger partial charge in [0, 0.05) is 10.0 Å². The summed E-state index contributed by atoms with van der Waals surface area (Å²) in [6.07, 6.45) is 1.53. The Labute approximate surface area is 142 Å². The quantitative estimate of drug-likeness (QED) is 0.621. The Kier molecular flexibility index (Phi) is 5.98. The van der Waals surface area contributed by atoms with Crippen LogP contribution in [0.4, 0.5) is 0 Å². The summed E-state index contributed by atoms with van der Waals surface area (Å²) in [6, 6.07) is 12.4. The van der Waals surface area contributed by atoms with Gasteiger partial charge in [0.1, 0.15) is 5.75 Å². The molecule has 1 amide bonds. The second kappa shape index (κ2) is 7.96. The maximum absolute atomic E-state index is 12.0. The molecule has 2 aromatic rings. The van der Waals surface area contributed by atoms with Gasteiger partial charge in [0.25, 0.3) is 5.91 Å². The van der Waals surface area contributed by atoms with Crippen LogP contribution in [0.5, 0.6) is 5.75 Å². The first-order valence-corrected chi connectivity index (χ1v) is 7.79. The third-order valence-corrected chi connectivity index (χ3v) is 3.58. The number of carbonyl (C=O) groups is 1. The molecule has 0 aliphatic carbocycles. The van der Waals surface area contributed by atoms with Crippen molar-refractivity contribution in [1.82, 2.24) is 5.43 Å². The molecule has 0 saturated carbocycles. The van der Waals surface area contributed by atoms with Gasteiger partial charge in [-0.2, -0.15) is 5.10 Å². The Morgan fingerprint density at radius 1 is 1.36 bits per heavy atom. The molecule has 0 aliphatic rings. The SMILES string of the molecule is CCOc1ccc(Br)cc1C=NNC(=O)c1ccccc1Cl. The second-order valence-electron chi connectivity index (χ2n) is 4.29. The number of benzene rings is 2. The first-order valence-electron chi connectivity index (χ1n) is 6.62. The number of hydrazone groups is 1. The van der Waals surface area contributed by atoms with Gasteiger partial charge in [0.15, 0.2) is 0 Å². The van der Waals surface area contributed by atoms with Crippen molar-refractivity contribution >= 4 is 39.7 Å². The molecule has 2 aromatic carbocycles.